The lowest BCUT2D eigenvalue weighted by Crippen LogP contribution is -2.35. The first-order valence-corrected chi connectivity index (χ1v) is 6.58. The van der Waals surface area contributed by atoms with Gasteiger partial charge in [-0.2, -0.15) is 0 Å². The second kappa shape index (κ2) is 6.34. The van der Waals surface area contributed by atoms with Crippen LogP contribution in [0.2, 0.25) is 0 Å². The van der Waals surface area contributed by atoms with Gasteiger partial charge in [-0.05, 0) is 27.2 Å². The molecule has 0 radical (unpaired) electrons. The molecular weight excluding hydrogens is 228 g/mol. The largest absolute Gasteiger partial charge is 0.379 e. The maximum Gasteiger partial charge on any atom is 0.139 e. The molecule has 0 bridgehead atoms. The van der Waals surface area contributed by atoms with E-state index in [2.05, 4.69) is 45.1 Å². The zero-order valence-electron chi connectivity index (χ0n) is 12.4. The third-order valence-electron chi connectivity index (χ3n) is 3.13. The standard InChI is InChI=1S/C14H26N2O2/c1-10(2)13-7-12(16-18-13)9-15-11(3)8-14(4,5)17-6/h7,10-11,15H,8-9H2,1-6H3/t11-/m1/s1. The first kappa shape index (κ1) is 15.2. The highest BCUT2D eigenvalue weighted by Gasteiger charge is 2.20. The van der Waals surface area contributed by atoms with Crippen LogP contribution < -0.4 is 5.32 Å². The molecule has 0 spiro atoms. The maximum atomic E-state index is 5.42. The predicted octanol–water partition coefficient (Wildman–Crippen LogP) is 3.09. The van der Waals surface area contributed by atoms with Crippen LogP contribution in [-0.4, -0.2) is 23.9 Å². The molecule has 1 aromatic rings. The van der Waals surface area contributed by atoms with Crippen molar-refractivity contribution in [2.75, 3.05) is 7.11 Å². The highest BCUT2D eigenvalue weighted by Crippen LogP contribution is 2.17. The Bertz CT molecular complexity index is 358. The molecule has 4 heteroatoms. The van der Waals surface area contributed by atoms with Gasteiger partial charge in [0.05, 0.1) is 11.3 Å². The van der Waals surface area contributed by atoms with Crippen LogP contribution in [0.4, 0.5) is 0 Å². The maximum absolute atomic E-state index is 5.42. The van der Waals surface area contributed by atoms with Gasteiger partial charge in [0.2, 0.25) is 0 Å². The first-order chi connectivity index (χ1) is 8.34. The molecule has 0 aromatic carbocycles. The van der Waals surface area contributed by atoms with Gasteiger partial charge in [0.15, 0.2) is 0 Å². The van der Waals surface area contributed by atoms with E-state index in [9.17, 15) is 0 Å². The summed E-state index contributed by atoms with van der Waals surface area (Å²) in [4.78, 5) is 0. The number of rotatable bonds is 7. The third-order valence-corrected chi connectivity index (χ3v) is 3.13. The van der Waals surface area contributed by atoms with Crippen LogP contribution in [0.5, 0.6) is 0 Å². The third kappa shape index (κ3) is 4.78. The van der Waals surface area contributed by atoms with Crippen molar-refractivity contribution < 1.29 is 9.26 Å². The summed E-state index contributed by atoms with van der Waals surface area (Å²) < 4.78 is 10.7. The number of hydrogen-bond acceptors (Lipinski definition) is 4. The van der Waals surface area contributed by atoms with Gasteiger partial charge in [-0.1, -0.05) is 19.0 Å². The topological polar surface area (TPSA) is 47.3 Å². The van der Waals surface area contributed by atoms with Gasteiger partial charge < -0.3 is 14.6 Å². The van der Waals surface area contributed by atoms with Crippen molar-refractivity contribution in [3.8, 4) is 0 Å². The van der Waals surface area contributed by atoms with Crippen molar-refractivity contribution in [3.05, 3.63) is 17.5 Å². The minimum Gasteiger partial charge on any atom is -0.379 e. The van der Waals surface area contributed by atoms with Gasteiger partial charge in [0.25, 0.3) is 0 Å². The lowest BCUT2D eigenvalue weighted by Gasteiger charge is -2.26. The molecule has 0 unspecified atom stereocenters. The molecule has 1 N–H and O–H groups in total. The summed E-state index contributed by atoms with van der Waals surface area (Å²) in [7, 11) is 1.75. The van der Waals surface area contributed by atoms with Gasteiger partial charge in [0.1, 0.15) is 5.76 Å². The SMILES string of the molecule is COC(C)(C)C[C@@H](C)NCc1cc(C(C)C)on1. The Morgan fingerprint density at radius 1 is 1.39 bits per heavy atom. The zero-order chi connectivity index (χ0) is 13.8. The molecule has 1 aromatic heterocycles. The molecule has 18 heavy (non-hydrogen) atoms. The summed E-state index contributed by atoms with van der Waals surface area (Å²) in [6.45, 7) is 11.3. The van der Waals surface area contributed by atoms with E-state index in [1.165, 1.54) is 0 Å². The van der Waals surface area contributed by atoms with Crippen molar-refractivity contribution in [2.24, 2.45) is 0 Å². The van der Waals surface area contributed by atoms with E-state index >= 15 is 0 Å². The molecule has 0 amide bonds. The van der Waals surface area contributed by atoms with E-state index in [0.29, 0.717) is 12.0 Å². The Hall–Kier alpha value is -0.870. The van der Waals surface area contributed by atoms with E-state index in [-0.39, 0.29) is 5.60 Å². The summed E-state index contributed by atoms with van der Waals surface area (Å²) in [6.07, 6.45) is 0.957. The Labute approximate surface area is 110 Å². The quantitative estimate of drug-likeness (QED) is 0.812. The molecule has 1 atom stereocenters. The zero-order valence-corrected chi connectivity index (χ0v) is 12.4. The highest BCUT2D eigenvalue weighted by molar-refractivity contribution is 5.08. The molecule has 0 fully saturated rings. The molecule has 104 valence electrons. The van der Waals surface area contributed by atoms with E-state index in [0.717, 1.165) is 24.4 Å². The molecule has 1 heterocycles. The Kier molecular flexibility index (Phi) is 5.35. The van der Waals surface area contributed by atoms with Crippen LogP contribution >= 0.6 is 0 Å². The molecule has 0 aliphatic rings. The van der Waals surface area contributed by atoms with Crippen LogP contribution in [-0.2, 0) is 11.3 Å². The molecule has 1 rings (SSSR count). The second-order valence-corrected chi connectivity index (χ2v) is 5.83. The van der Waals surface area contributed by atoms with Crippen LogP contribution in [0.1, 0.15) is 58.4 Å². The van der Waals surface area contributed by atoms with Crippen LogP contribution in [0.3, 0.4) is 0 Å². The van der Waals surface area contributed by atoms with Gasteiger partial charge in [0, 0.05) is 31.7 Å². The minimum absolute atomic E-state index is 0.0979. The van der Waals surface area contributed by atoms with Crippen LogP contribution in [0, 0.1) is 0 Å². The fourth-order valence-electron chi connectivity index (χ4n) is 1.86. The van der Waals surface area contributed by atoms with E-state index < -0.39 is 0 Å². The number of methoxy groups -OCH3 is 1. The minimum atomic E-state index is -0.0979. The van der Waals surface area contributed by atoms with Crippen molar-refractivity contribution >= 4 is 0 Å². The molecule has 0 aliphatic heterocycles. The summed E-state index contributed by atoms with van der Waals surface area (Å²) in [5, 5.41) is 7.50. The summed E-state index contributed by atoms with van der Waals surface area (Å²) >= 11 is 0. The Morgan fingerprint density at radius 3 is 2.56 bits per heavy atom. The molecule has 0 saturated carbocycles. The monoisotopic (exact) mass is 254 g/mol. The van der Waals surface area contributed by atoms with Crippen LogP contribution in [0.25, 0.3) is 0 Å². The van der Waals surface area contributed by atoms with E-state index in [1.54, 1.807) is 7.11 Å². The van der Waals surface area contributed by atoms with Crippen molar-refractivity contribution in [1.82, 2.24) is 10.5 Å². The van der Waals surface area contributed by atoms with Gasteiger partial charge in [-0.25, -0.2) is 0 Å². The van der Waals surface area contributed by atoms with Gasteiger partial charge >= 0.3 is 0 Å². The lowest BCUT2D eigenvalue weighted by atomic mass is 10.00. The lowest BCUT2D eigenvalue weighted by molar-refractivity contribution is 0.00841. The van der Waals surface area contributed by atoms with E-state index in [1.807, 2.05) is 6.07 Å². The van der Waals surface area contributed by atoms with Gasteiger partial charge in [-0.3, -0.25) is 0 Å². The second-order valence-electron chi connectivity index (χ2n) is 5.83. The summed E-state index contributed by atoms with van der Waals surface area (Å²) in [5.41, 5.74) is 0.861. The summed E-state index contributed by atoms with van der Waals surface area (Å²) in [5.74, 6) is 1.33. The number of hydrogen-bond donors (Lipinski definition) is 1. The Balaban J connectivity index is 2.40. The number of nitrogens with zero attached hydrogens (tertiary/aromatic N) is 1. The average molecular weight is 254 g/mol. The van der Waals surface area contributed by atoms with Crippen molar-refractivity contribution in [1.29, 1.82) is 0 Å². The van der Waals surface area contributed by atoms with Crippen LogP contribution in [0.15, 0.2) is 10.6 Å². The number of aromatic nitrogens is 1. The predicted molar refractivity (Wildman–Crippen MR) is 72.6 cm³/mol. The Morgan fingerprint density at radius 2 is 2.06 bits per heavy atom. The first-order valence-electron chi connectivity index (χ1n) is 6.58. The van der Waals surface area contributed by atoms with Gasteiger partial charge in [-0.15, -0.1) is 0 Å². The average Bonchev–Trinajstić information content (AvgIpc) is 2.74. The van der Waals surface area contributed by atoms with E-state index in [4.69, 9.17) is 9.26 Å². The van der Waals surface area contributed by atoms with Crippen molar-refractivity contribution in [3.63, 3.8) is 0 Å². The van der Waals surface area contributed by atoms with Crippen molar-refractivity contribution in [2.45, 2.75) is 65.1 Å². The molecule has 0 aliphatic carbocycles. The number of ether oxygens (including phenoxy) is 1. The highest BCUT2D eigenvalue weighted by atomic mass is 16.5. The molecule has 4 nitrogen and oxygen atoms in total. The fourth-order valence-corrected chi connectivity index (χ4v) is 1.86. The molecule has 0 saturated heterocycles. The summed E-state index contributed by atoms with van der Waals surface area (Å²) in [6, 6.07) is 2.39. The fraction of sp³-hybridized carbons (Fsp3) is 0.786. The smallest absolute Gasteiger partial charge is 0.139 e. The normalized spacial score (nSPS) is 14.2. The number of nitrogens with one attached hydrogen (secondary N) is 1. The molecular formula is C14H26N2O2.